The van der Waals surface area contributed by atoms with Crippen LogP contribution in [0.3, 0.4) is 0 Å². The van der Waals surface area contributed by atoms with Gasteiger partial charge in [0, 0.05) is 12.0 Å². The van der Waals surface area contributed by atoms with Crippen molar-refractivity contribution in [2.24, 2.45) is 0 Å². The van der Waals surface area contributed by atoms with Gasteiger partial charge in [0.15, 0.2) is 5.78 Å². The van der Waals surface area contributed by atoms with Crippen LogP contribution in [0.4, 0.5) is 0 Å². The third-order valence-corrected chi connectivity index (χ3v) is 3.90. The SMILES string of the molecule is CC(O)(CC[NH2+]CCC(=O)c1ccccc1)c1ccccc1.[Cl-]. The van der Waals surface area contributed by atoms with Gasteiger partial charge >= 0.3 is 0 Å². The first-order valence-electron chi connectivity index (χ1n) is 7.77. The van der Waals surface area contributed by atoms with E-state index in [1.54, 1.807) is 0 Å². The second kappa shape index (κ2) is 9.46. The molecule has 0 aliphatic heterocycles. The number of halogens is 1. The number of hydrogen-bond acceptors (Lipinski definition) is 2. The van der Waals surface area contributed by atoms with Crippen molar-refractivity contribution in [3.05, 3.63) is 71.8 Å². The van der Waals surface area contributed by atoms with E-state index >= 15 is 0 Å². The Labute approximate surface area is 144 Å². The lowest BCUT2D eigenvalue weighted by Gasteiger charge is -2.22. The van der Waals surface area contributed by atoms with E-state index < -0.39 is 5.60 Å². The fourth-order valence-corrected chi connectivity index (χ4v) is 2.47. The highest BCUT2D eigenvalue weighted by atomic mass is 35.5. The minimum atomic E-state index is -0.818. The smallest absolute Gasteiger partial charge is 0.168 e. The second-order valence-corrected chi connectivity index (χ2v) is 5.80. The van der Waals surface area contributed by atoms with Crippen LogP contribution in [0.1, 0.15) is 35.7 Å². The van der Waals surface area contributed by atoms with Crippen molar-refractivity contribution in [1.29, 1.82) is 0 Å². The lowest BCUT2D eigenvalue weighted by Crippen LogP contribution is -3.00. The maximum atomic E-state index is 12.0. The fourth-order valence-electron chi connectivity index (χ4n) is 2.47. The lowest BCUT2D eigenvalue weighted by molar-refractivity contribution is -0.655. The number of nitrogens with two attached hydrogens (primary N) is 1. The number of benzene rings is 2. The molecule has 0 amide bonds. The molecule has 0 aliphatic rings. The number of rotatable bonds is 8. The molecule has 0 heterocycles. The van der Waals surface area contributed by atoms with E-state index in [1.807, 2.05) is 67.6 Å². The molecule has 2 aromatic rings. The van der Waals surface area contributed by atoms with Gasteiger partial charge in [0.25, 0.3) is 0 Å². The third-order valence-electron chi connectivity index (χ3n) is 3.90. The van der Waals surface area contributed by atoms with Gasteiger partial charge in [-0.25, -0.2) is 0 Å². The van der Waals surface area contributed by atoms with Gasteiger partial charge in [-0.15, -0.1) is 0 Å². The summed E-state index contributed by atoms with van der Waals surface area (Å²) in [6, 6.07) is 19.1. The van der Waals surface area contributed by atoms with Crippen LogP contribution in [0.25, 0.3) is 0 Å². The van der Waals surface area contributed by atoms with Crippen molar-refractivity contribution in [1.82, 2.24) is 0 Å². The average Bonchev–Trinajstić information content (AvgIpc) is 2.56. The molecule has 0 bridgehead atoms. The molecule has 3 N–H and O–H groups in total. The molecule has 1 atom stereocenters. The summed E-state index contributed by atoms with van der Waals surface area (Å²) in [4.78, 5) is 12.0. The molecule has 124 valence electrons. The molecule has 4 heteroatoms. The van der Waals surface area contributed by atoms with Gasteiger partial charge in [0.2, 0.25) is 0 Å². The van der Waals surface area contributed by atoms with Crippen LogP contribution >= 0.6 is 0 Å². The summed E-state index contributed by atoms with van der Waals surface area (Å²) in [5.74, 6) is 0.173. The largest absolute Gasteiger partial charge is 1.00 e. The van der Waals surface area contributed by atoms with E-state index in [4.69, 9.17) is 0 Å². The number of carbonyl (C=O) groups excluding carboxylic acids is 1. The van der Waals surface area contributed by atoms with Crippen molar-refractivity contribution in [2.75, 3.05) is 13.1 Å². The number of hydrogen-bond donors (Lipinski definition) is 2. The number of carbonyl (C=O) groups is 1. The highest BCUT2D eigenvalue weighted by Crippen LogP contribution is 2.22. The summed E-state index contributed by atoms with van der Waals surface area (Å²) in [5, 5.41) is 12.6. The van der Waals surface area contributed by atoms with Crippen LogP contribution in [-0.2, 0) is 5.60 Å². The molecule has 0 saturated carbocycles. The summed E-state index contributed by atoms with van der Waals surface area (Å²) >= 11 is 0. The quantitative estimate of drug-likeness (QED) is 0.487. The van der Waals surface area contributed by atoms with Crippen LogP contribution in [0.5, 0.6) is 0 Å². The second-order valence-electron chi connectivity index (χ2n) is 5.80. The Morgan fingerprint density at radius 2 is 1.57 bits per heavy atom. The maximum Gasteiger partial charge on any atom is 0.168 e. The predicted octanol–water partition coefficient (Wildman–Crippen LogP) is -0.875. The molecule has 23 heavy (non-hydrogen) atoms. The molecule has 0 aliphatic carbocycles. The van der Waals surface area contributed by atoms with Crippen molar-refractivity contribution in [3.63, 3.8) is 0 Å². The standard InChI is InChI=1S/C19H23NO2.ClH/c1-19(22,17-10-6-3-7-11-17)13-15-20-14-12-18(21)16-8-4-2-5-9-16;/h2-11,20,22H,12-15H2,1H3;1H. The van der Waals surface area contributed by atoms with Crippen LogP contribution in [0, 0.1) is 0 Å². The fraction of sp³-hybridized carbons (Fsp3) is 0.316. The first-order valence-corrected chi connectivity index (χ1v) is 7.77. The van der Waals surface area contributed by atoms with E-state index in [9.17, 15) is 9.90 Å². The molecule has 0 radical (unpaired) electrons. The first-order chi connectivity index (χ1) is 10.6. The van der Waals surface area contributed by atoms with Crippen molar-refractivity contribution in [3.8, 4) is 0 Å². The summed E-state index contributed by atoms with van der Waals surface area (Å²) in [5.41, 5.74) is 0.886. The Morgan fingerprint density at radius 3 is 2.17 bits per heavy atom. The van der Waals surface area contributed by atoms with Crippen LogP contribution < -0.4 is 17.7 Å². The number of aliphatic hydroxyl groups is 1. The van der Waals surface area contributed by atoms with Crippen LogP contribution in [0.2, 0.25) is 0 Å². The van der Waals surface area contributed by atoms with E-state index in [0.717, 1.165) is 24.2 Å². The number of quaternary nitrogens is 1. The first kappa shape index (κ1) is 19.4. The Kier molecular flexibility index (Phi) is 7.96. The summed E-state index contributed by atoms with van der Waals surface area (Å²) in [6.07, 6.45) is 1.19. The van der Waals surface area contributed by atoms with Gasteiger partial charge in [-0.3, -0.25) is 4.79 Å². The average molecular weight is 334 g/mol. The van der Waals surface area contributed by atoms with Gasteiger partial charge in [0.1, 0.15) is 0 Å². The van der Waals surface area contributed by atoms with Crippen molar-refractivity contribution < 1.29 is 27.6 Å². The molecule has 1 unspecified atom stereocenters. The number of Topliss-reactive ketones (excluding diaryl/α,β-unsaturated/α-hetero) is 1. The highest BCUT2D eigenvalue weighted by molar-refractivity contribution is 5.95. The van der Waals surface area contributed by atoms with Crippen LogP contribution in [0.15, 0.2) is 60.7 Å². The minimum absolute atomic E-state index is 0. The molecule has 0 aromatic heterocycles. The van der Waals surface area contributed by atoms with E-state index in [-0.39, 0.29) is 18.2 Å². The predicted molar refractivity (Wildman–Crippen MR) is 87.7 cm³/mol. The Balaban J connectivity index is 0.00000264. The minimum Gasteiger partial charge on any atom is -1.00 e. The zero-order valence-corrected chi connectivity index (χ0v) is 14.2. The topological polar surface area (TPSA) is 53.9 Å². The number of ketones is 1. The monoisotopic (exact) mass is 333 g/mol. The zero-order chi connectivity index (χ0) is 15.8. The third kappa shape index (κ3) is 6.14. The van der Waals surface area contributed by atoms with E-state index in [2.05, 4.69) is 5.32 Å². The Bertz CT molecular complexity index is 585. The molecule has 0 spiro atoms. The molecular formula is C19H24ClNO2. The Hall–Kier alpha value is -1.68. The van der Waals surface area contributed by atoms with Gasteiger partial charge in [0.05, 0.1) is 25.1 Å². The highest BCUT2D eigenvalue weighted by Gasteiger charge is 2.23. The summed E-state index contributed by atoms with van der Waals surface area (Å²) in [7, 11) is 0. The van der Waals surface area contributed by atoms with Crippen LogP contribution in [-0.4, -0.2) is 24.0 Å². The molecule has 3 nitrogen and oxygen atoms in total. The molecule has 0 fully saturated rings. The Morgan fingerprint density at radius 1 is 1.00 bits per heavy atom. The molecule has 0 saturated heterocycles. The van der Waals surface area contributed by atoms with E-state index in [0.29, 0.717) is 12.8 Å². The van der Waals surface area contributed by atoms with E-state index in [1.165, 1.54) is 0 Å². The van der Waals surface area contributed by atoms with Crippen molar-refractivity contribution >= 4 is 5.78 Å². The summed E-state index contributed by atoms with van der Waals surface area (Å²) < 4.78 is 0. The maximum absolute atomic E-state index is 12.0. The van der Waals surface area contributed by atoms with Gasteiger partial charge in [-0.2, -0.15) is 0 Å². The van der Waals surface area contributed by atoms with Gasteiger partial charge in [-0.05, 0) is 12.5 Å². The van der Waals surface area contributed by atoms with Crippen molar-refractivity contribution in [2.45, 2.75) is 25.4 Å². The lowest BCUT2D eigenvalue weighted by atomic mass is 9.92. The van der Waals surface area contributed by atoms with Gasteiger partial charge in [-0.1, -0.05) is 60.7 Å². The molecular weight excluding hydrogens is 310 g/mol. The molecule has 2 aromatic carbocycles. The molecule has 2 rings (SSSR count). The normalized spacial score (nSPS) is 13.0. The summed E-state index contributed by atoms with van der Waals surface area (Å²) in [6.45, 7) is 3.38. The zero-order valence-electron chi connectivity index (χ0n) is 13.4. The van der Waals surface area contributed by atoms with Gasteiger partial charge < -0.3 is 22.8 Å².